The van der Waals surface area contributed by atoms with E-state index in [1.165, 1.54) is 23.8 Å². The lowest BCUT2D eigenvalue weighted by atomic mass is 10.0. The number of amides is 2. The first-order chi connectivity index (χ1) is 14.9. The van der Waals surface area contributed by atoms with Crippen LogP contribution in [0.25, 0.3) is 22.2 Å². The number of hydrogen-bond acceptors (Lipinski definition) is 5. The Labute approximate surface area is 184 Å². The van der Waals surface area contributed by atoms with Gasteiger partial charge in [-0.1, -0.05) is 24.3 Å². The van der Waals surface area contributed by atoms with Crippen LogP contribution in [0.5, 0.6) is 0 Å². The quantitative estimate of drug-likeness (QED) is 0.449. The van der Waals surface area contributed by atoms with Crippen molar-refractivity contribution >= 4 is 39.3 Å². The lowest BCUT2D eigenvalue weighted by Gasteiger charge is -2.04. The van der Waals surface area contributed by atoms with E-state index in [0.29, 0.717) is 11.7 Å². The predicted molar refractivity (Wildman–Crippen MR) is 123 cm³/mol. The largest absolute Gasteiger partial charge is 0.464 e. The zero-order valence-corrected chi connectivity index (χ0v) is 18.4. The van der Waals surface area contributed by atoms with Crippen molar-refractivity contribution < 1.29 is 14.0 Å². The predicted octanol–water partition coefficient (Wildman–Crippen LogP) is 4.99. The molecule has 2 aromatic heterocycles. The summed E-state index contributed by atoms with van der Waals surface area (Å²) in [6.45, 7) is 6.08. The molecule has 0 bridgehead atoms. The highest BCUT2D eigenvalue weighted by atomic mass is 32.1. The molecule has 0 aliphatic heterocycles. The van der Waals surface area contributed by atoms with E-state index < -0.39 is 0 Å². The number of thiazole rings is 1. The fourth-order valence-corrected chi connectivity index (χ4v) is 4.03. The number of rotatable bonds is 6. The molecule has 4 rings (SSSR count). The smallest absolute Gasteiger partial charge is 0.230 e. The molecule has 31 heavy (non-hydrogen) atoms. The topological polar surface area (TPSA) is 84.2 Å². The maximum atomic E-state index is 12.6. The summed E-state index contributed by atoms with van der Waals surface area (Å²) >= 11 is 1.39. The summed E-state index contributed by atoms with van der Waals surface area (Å²) in [6.07, 6.45) is 1.88. The molecule has 158 valence electrons. The molecule has 0 saturated carbocycles. The number of anilines is 1. The van der Waals surface area contributed by atoms with E-state index >= 15 is 0 Å². The second-order valence-corrected chi connectivity index (χ2v) is 8.42. The third-order valence-electron chi connectivity index (χ3n) is 5.16. The van der Waals surface area contributed by atoms with Gasteiger partial charge in [0.15, 0.2) is 5.13 Å². The Balaban J connectivity index is 1.41. The van der Waals surface area contributed by atoms with Crippen LogP contribution in [0.15, 0.2) is 52.5 Å². The van der Waals surface area contributed by atoms with Crippen LogP contribution in [0.1, 0.15) is 29.2 Å². The number of aryl methyl sites for hydroxylation is 2. The molecule has 2 N–H and O–H groups in total. The van der Waals surface area contributed by atoms with Crippen molar-refractivity contribution in [1.82, 2.24) is 10.3 Å². The average Bonchev–Trinajstić information content (AvgIpc) is 3.35. The van der Waals surface area contributed by atoms with Gasteiger partial charge in [-0.25, -0.2) is 4.98 Å². The fourth-order valence-electron chi connectivity index (χ4n) is 3.29. The zero-order valence-electron chi connectivity index (χ0n) is 17.6. The highest BCUT2D eigenvalue weighted by Crippen LogP contribution is 2.27. The molecule has 0 fully saturated rings. The van der Waals surface area contributed by atoms with Crippen molar-refractivity contribution in [2.24, 2.45) is 0 Å². The van der Waals surface area contributed by atoms with Gasteiger partial charge in [-0.3, -0.25) is 9.59 Å². The van der Waals surface area contributed by atoms with Crippen LogP contribution >= 0.6 is 11.3 Å². The Morgan fingerprint density at radius 1 is 1.10 bits per heavy atom. The summed E-state index contributed by atoms with van der Waals surface area (Å²) in [5, 5.41) is 9.10. The minimum atomic E-state index is -0.132. The van der Waals surface area contributed by atoms with Crippen LogP contribution in [-0.2, 0) is 22.6 Å². The molecule has 0 saturated heterocycles. The molecule has 0 aliphatic carbocycles. The molecule has 6 nitrogen and oxygen atoms in total. The second-order valence-electron chi connectivity index (χ2n) is 7.56. The van der Waals surface area contributed by atoms with Crippen molar-refractivity contribution in [3.05, 3.63) is 70.3 Å². The van der Waals surface area contributed by atoms with Gasteiger partial charge in [0.05, 0.1) is 18.4 Å². The maximum absolute atomic E-state index is 12.6. The summed E-state index contributed by atoms with van der Waals surface area (Å²) in [7, 11) is 0. The van der Waals surface area contributed by atoms with E-state index in [0.717, 1.165) is 38.9 Å². The van der Waals surface area contributed by atoms with Gasteiger partial charge >= 0.3 is 0 Å². The fraction of sp³-hybridized carbons (Fsp3) is 0.208. The lowest BCUT2D eigenvalue weighted by Crippen LogP contribution is -2.18. The first-order valence-corrected chi connectivity index (χ1v) is 10.8. The van der Waals surface area contributed by atoms with E-state index in [2.05, 4.69) is 28.6 Å². The Morgan fingerprint density at radius 3 is 2.58 bits per heavy atom. The van der Waals surface area contributed by atoms with Crippen LogP contribution in [0.3, 0.4) is 0 Å². The van der Waals surface area contributed by atoms with Gasteiger partial charge < -0.3 is 15.1 Å². The van der Waals surface area contributed by atoms with Crippen molar-refractivity contribution in [2.45, 2.75) is 33.7 Å². The minimum Gasteiger partial charge on any atom is -0.464 e. The molecule has 0 atom stereocenters. The van der Waals surface area contributed by atoms with Crippen molar-refractivity contribution in [3.8, 4) is 11.3 Å². The summed E-state index contributed by atoms with van der Waals surface area (Å²) in [5.74, 6) is -0.190. The molecular formula is C24H23N3O3S. The number of carbonyl (C=O) groups excluding carboxylic acids is 2. The lowest BCUT2D eigenvalue weighted by molar-refractivity contribution is -0.119. The summed E-state index contributed by atoms with van der Waals surface area (Å²) < 4.78 is 5.62. The summed E-state index contributed by atoms with van der Waals surface area (Å²) in [4.78, 5) is 28.1. The number of benzene rings is 2. The van der Waals surface area contributed by atoms with Gasteiger partial charge in [-0.15, -0.1) is 11.3 Å². The van der Waals surface area contributed by atoms with Crippen LogP contribution in [0.4, 0.5) is 5.13 Å². The standard InChI is InChI=1S/C24H23N3O3S/c1-14-8-20-19(12-30-22(20)9-15(14)2)10-23(29)27-24-26-21(13-31-24)18-6-4-17(5-7-18)11-25-16(3)28/h4-9,12-13H,10-11H2,1-3H3,(H,25,28)(H,26,27,29). The molecule has 7 heteroatoms. The molecule has 0 aliphatic rings. The second kappa shape index (κ2) is 8.73. The monoisotopic (exact) mass is 433 g/mol. The first-order valence-electron chi connectivity index (χ1n) is 9.95. The molecule has 0 radical (unpaired) electrons. The van der Waals surface area contributed by atoms with Gasteiger partial charge in [0.25, 0.3) is 0 Å². The van der Waals surface area contributed by atoms with Crippen molar-refractivity contribution in [3.63, 3.8) is 0 Å². The Kier molecular flexibility index (Phi) is 5.86. The van der Waals surface area contributed by atoms with Gasteiger partial charge in [-0.05, 0) is 42.7 Å². The van der Waals surface area contributed by atoms with Gasteiger partial charge in [0.1, 0.15) is 5.58 Å². The highest BCUT2D eigenvalue weighted by Gasteiger charge is 2.14. The third kappa shape index (κ3) is 4.83. The molecule has 0 spiro atoms. The van der Waals surface area contributed by atoms with E-state index in [9.17, 15) is 9.59 Å². The Morgan fingerprint density at radius 2 is 1.84 bits per heavy atom. The highest BCUT2D eigenvalue weighted by molar-refractivity contribution is 7.14. The van der Waals surface area contributed by atoms with Crippen LogP contribution in [0.2, 0.25) is 0 Å². The summed E-state index contributed by atoms with van der Waals surface area (Å²) in [5.41, 5.74) is 6.76. The zero-order chi connectivity index (χ0) is 22.0. The number of aromatic nitrogens is 1. The minimum absolute atomic E-state index is 0.0578. The Hall–Kier alpha value is -3.45. The van der Waals surface area contributed by atoms with Gasteiger partial charge in [0.2, 0.25) is 11.8 Å². The number of nitrogens with one attached hydrogen (secondary N) is 2. The van der Waals surface area contributed by atoms with E-state index in [1.807, 2.05) is 42.6 Å². The van der Waals surface area contributed by atoms with Gasteiger partial charge in [-0.2, -0.15) is 0 Å². The van der Waals surface area contributed by atoms with E-state index in [4.69, 9.17) is 4.42 Å². The molecule has 2 aromatic carbocycles. The number of fused-ring (bicyclic) bond motifs is 1. The normalized spacial score (nSPS) is 10.9. The Bertz CT molecular complexity index is 1260. The molecule has 2 heterocycles. The number of furan rings is 1. The number of hydrogen-bond donors (Lipinski definition) is 2. The molecular weight excluding hydrogens is 410 g/mol. The van der Waals surface area contributed by atoms with Crippen LogP contribution in [-0.4, -0.2) is 16.8 Å². The van der Waals surface area contributed by atoms with Crippen LogP contribution < -0.4 is 10.6 Å². The van der Waals surface area contributed by atoms with Crippen molar-refractivity contribution in [1.29, 1.82) is 0 Å². The third-order valence-corrected chi connectivity index (χ3v) is 5.92. The van der Waals surface area contributed by atoms with Gasteiger partial charge in [0, 0.05) is 35.4 Å². The molecule has 2 amide bonds. The number of nitrogens with zero attached hydrogens (tertiary/aromatic N) is 1. The van der Waals surface area contributed by atoms with Crippen LogP contribution in [0, 0.1) is 13.8 Å². The van der Waals surface area contributed by atoms with E-state index in [1.54, 1.807) is 6.26 Å². The first kappa shape index (κ1) is 20.8. The maximum Gasteiger partial charge on any atom is 0.230 e. The number of carbonyl (C=O) groups is 2. The SMILES string of the molecule is CC(=O)NCc1ccc(-c2csc(NC(=O)Cc3coc4cc(C)c(C)cc34)n2)cc1. The van der Waals surface area contributed by atoms with Crippen molar-refractivity contribution in [2.75, 3.05) is 5.32 Å². The average molecular weight is 434 g/mol. The summed E-state index contributed by atoms with van der Waals surface area (Å²) in [6, 6.07) is 11.9. The molecule has 0 unspecified atom stereocenters. The molecule has 4 aromatic rings. The van der Waals surface area contributed by atoms with E-state index in [-0.39, 0.29) is 18.2 Å².